The van der Waals surface area contributed by atoms with E-state index in [9.17, 15) is 9.90 Å². The first-order valence-electron chi connectivity index (χ1n) is 8.02. The number of aromatic nitrogens is 3. The van der Waals surface area contributed by atoms with E-state index in [0.717, 1.165) is 18.4 Å². The summed E-state index contributed by atoms with van der Waals surface area (Å²) in [4.78, 5) is 22.9. The molecule has 0 radical (unpaired) electrons. The van der Waals surface area contributed by atoms with Crippen LogP contribution in [0.3, 0.4) is 0 Å². The van der Waals surface area contributed by atoms with Gasteiger partial charge in [-0.2, -0.15) is 0 Å². The zero-order chi connectivity index (χ0) is 17.1. The van der Waals surface area contributed by atoms with Gasteiger partial charge < -0.3 is 5.11 Å². The van der Waals surface area contributed by atoms with Crippen molar-refractivity contribution in [1.82, 2.24) is 14.4 Å². The van der Waals surface area contributed by atoms with Crippen LogP contribution in [-0.4, -0.2) is 31.9 Å². The van der Waals surface area contributed by atoms with Crippen molar-refractivity contribution >= 4 is 17.5 Å². The van der Waals surface area contributed by atoms with Crippen LogP contribution in [0.15, 0.2) is 42.7 Å². The van der Waals surface area contributed by atoms with Crippen molar-refractivity contribution < 1.29 is 9.90 Å². The Hall–Kier alpha value is -2.89. The van der Waals surface area contributed by atoms with Crippen LogP contribution >= 0.6 is 0 Å². The highest BCUT2D eigenvalue weighted by molar-refractivity contribution is 5.95. The second kappa shape index (κ2) is 6.70. The van der Waals surface area contributed by atoms with Crippen LogP contribution < -0.4 is 4.90 Å². The van der Waals surface area contributed by atoms with Gasteiger partial charge in [-0.3, -0.25) is 14.1 Å². The largest absolute Gasteiger partial charge is 0.508 e. The van der Waals surface area contributed by atoms with Crippen LogP contribution in [0.25, 0.3) is 17.0 Å². The highest BCUT2D eigenvalue weighted by Crippen LogP contribution is 2.33. The molecule has 0 saturated heterocycles. The number of phenolic OH excluding ortho intramolecular Hbond substituents is 1. The van der Waals surface area contributed by atoms with Crippen LogP contribution in [0.4, 0.5) is 5.82 Å². The van der Waals surface area contributed by atoms with E-state index in [1.54, 1.807) is 36.2 Å². The molecule has 6 nitrogen and oxygen atoms in total. The van der Waals surface area contributed by atoms with Crippen LogP contribution in [-0.2, 0) is 4.79 Å². The first-order valence-corrected chi connectivity index (χ1v) is 8.02. The number of benzene rings is 1. The Morgan fingerprint density at radius 1 is 1.33 bits per heavy atom. The van der Waals surface area contributed by atoms with Crippen LogP contribution in [0, 0.1) is 0 Å². The molecule has 0 saturated carbocycles. The summed E-state index contributed by atoms with van der Waals surface area (Å²) in [5.74, 6) is 1.32. The number of carbonyl (C=O) groups excluding carboxylic acids is 1. The third kappa shape index (κ3) is 2.95. The number of unbranched alkanes of at least 4 members (excludes halogenated alkanes) is 1. The van der Waals surface area contributed by atoms with Gasteiger partial charge in [0.2, 0.25) is 11.7 Å². The predicted octanol–water partition coefficient (Wildman–Crippen LogP) is 3.25. The summed E-state index contributed by atoms with van der Waals surface area (Å²) in [7, 11) is 0. The molecular weight excluding hydrogens is 304 g/mol. The van der Waals surface area contributed by atoms with Gasteiger partial charge in [0.15, 0.2) is 0 Å². The summed E-state index contributed by atoms with van der Waals surface area (Å²) in [6, 6.07) is 8.68. The molecule has 0 aliphatic rings. The second-order valence-electron chi connectivity index (χ2n) is 5.65. The molecule has 0 bridgehead atoms. The number of aromatic hydroxyl groups is 1. The summed E-state index contributed by atoms with van der Waals surface area (Å²) < 4.78 is 1.82. The van der Waals surface area contributed by atoms with Gasteiger partial charge in [-0.1, -0.05) is 25.5 Å². The minimum absolute atomic E-state index is 0.0458. The summed E-state index contributed by atoms with van der Waals surface area (Å²) in [6.45, 7) is 4.25. The second-order valence-corrected chi connectivity index (χ2v) is 5.65. The average molecular weight is 324 g/mol. The summed E-state index contributed by atoms with van der Waals surface area (Å²) >= 11 is 0. The van der Waals surface area contributed by atoms with E-state index in [4.69, 9.17) is 0 Å². The Morgan fingerprint density at radius 3 is 2.88 bits per heavy atom. The minimum atomic E-state index is -0.0458. The standard InChI is InChI=1S/C18H20N4O2/c1-3-4-10-21(13(2)23)17-16(14-7-5-8-15(24)12-14)20-18-19-9-6-11-22(17)18/h5-9,11-12,24H,3-4,10H2,1-2H3. The van der Waals surface area contributed by atoms with Gasteiger partial charge in [0.05, 0.1) is 0 Å². The monoisotopic (exact) mass is 324 g/mol. The summed E-state index contributed by atoms with van der Waals surface area (Å²) in [5, 5.41) is 9.80. The van der Waals surface area contributed by atoms with E-state index in [-0.39, 0.29) is 11.7 Å². The Bertz CT molecular complexity index is 872. The molecular formula is C18H20N4O2. The summed E-state index contributed by atoms with van der Waals surface area (Å²) in [6.07, 6.45) is 5.40. The third-order valence-electron chi connectivity index (χ3n) is 3.87. The summed E-state index contributed by atoms with van der Waals surface area (Å²) in [5.41, 5.74) is 1.38. The molecule has 1 N–H and O–H groups in total. The third-order valence-corrected chi connectivity index (χ3v) is 3.87. The number of carbonyl (C=O) groups is 1. The van der Waals surface area contributed by atoms with Crippen molar-refractivity contribution in [2.45, 2.75) is 26.7 Å². The number of imidazole rings is 1. The number of hydrogen-bond acceptors (Lipinski definition) is 4. The number of hydrogen-bond donors (Lipinski definition) is 1. The minimum Gasteiger partial charge on any atom is -0.508 e. The molecule has 2 aromatic heterocycles. The van der Waals surface area contributed by atoms with Crippen molar-refractivity contribution in [3.05, 3.63) is 42.7 Å². The predicted molar refractivity (Wildman–Crippen MR) is 93.0 cm³/mol. The lowest BCUT2D eigenvalue weighted by molar-refractivity contribution is -0.116. The lowest BCUT2D eigenvalue weighted by atomic mass is 10.1. The van der Waals surface area contributed by atoms with Gasteiger partial charge in [-0.15, -0.1) is 0 Å². The molecule has 0 spiro atoms. The smallest absolute Gasteiger partial charge is 0.235 e. The van der Waals surface area contributed by atoms with E-state index >= 15 is 0 Å². The molecule has 3 rings (SSSR count). The van der Waals surface area contributed by atoms with E-state index in [2.05, 4.69) is 16.9 Å². The Morgan fingerprint density at radius 2 is 2.17 bits per heavy atom. The molecule has 3 aromatic rings. The maximum atomic E-state index is 12.3. The molecule has 2 heterocycles. The molecule has 0 fully saturated rings. The molecule has 0 aliphatic carbocycles. The van der Waals surface area contributed by atoms with Gasteiger partial charge in [0.1, 0.15) is 17.3 Å². The van der Waals surface area contributed by atoms with Gasteiger partial charge in [0, 0.05) is 31.4 Å². The van der Waals surface area contributed by atoms with Crippen molar-refractivity contribution in [2.24, 2.45) is 0 Å². The van der Waals surface area contributed by atoms with Gasteiger partial charge in [0.25, 0.3) is 0 Å². The molecule has 0 atom stereocenters. The zero-order valence-corrected chi connectivity index (χ0v) is 13.8. The van der Waals surface area contributed by atoms with Crippen LogP contribution in [0.1, 0.15) is 26.7 Å². The number of nitrogens with zero attached hydrogens (tertiary/aromatic N) is 4. The SMILES string of the molecule is CCCCN(C(C)=O)c1c(-c2cccc(O)c2)nc2ncccn12. The molecule has 0 unspecified atom stereocenters. The van der Waals surface area contributed by atoms with E-state index in [1.165, 1.54) is 0 Å². The van der Waals surface area contributed by atoms with Crippen molar-refractivity contribution in [2.75, 3.05) is 11.4 Å². The quantitative estimate of drug-likeness (QED) is 0.782. The van der Waals surface area contributed by atoms with Crippen LogP contribution in [0.2, 0.25) is 0 Å². The Kier molecular flexibility index (Phi) is 4.46. The fourth-order valence-corrected chi connectivity index (χ4v) is 2.71. The van der Waals surface area contributed by atoms with Crippen LogP contribution in [0.5, 0.6) is 5.75 Å². The number of rotatable bonds is 5. The number of anilines is 1. The van der Waals surface area contributed by atoms with E-state index < -0.39 is 0 Å². The first-order chi connectivity index (χ1) is 11.6. The maximum Gasteiger partial charge on any atom is 0.235 e. The van der Waals surface area contributed by atoms with E-state index in [1.807, 2.05) is 22.7 Å². The zero-order valence-electron chi connectivity index (χ0n) is 13.8. The van der Waals surface area contributed by atoms with Crippen molar-refractivity contribution in [3.63, 3.8) is 0 Å². The first kappa shape index (κ1) is 16.0. The van der Waals surface area contributed by atoms with Gasteiger partial charge in [-0.25, -0.2) is 9.97 Å². The lowest BCUT2D eigenvalue weighted by Gasteiger charge is -2.21. The van der Waals surface area contributed by atoms with Crippen molar-refractivity contribution in [3.8, 4) is 17.0 Å². The fourth-order valence-electron chi connectivity index (χ4n) is 2.71. The number of amides is 1. The molecule has 1 aromatic carbocycles. The fraction of sp³-hybridized carbons (Fsp3) is 0.278. The van der Waals surface area contributed by atoms with Crippen molar-refractivity contribution in [1.29, 1.82) is 0 Å². The van der Waals surface area contributed by atoms with Gasteiger partial charge >= 0.3 is 0 Å². The molecule has 124 valence electrons. The maximum absolute atomic E-state index is 12.3. The lowest BCUT2D eigenvalue weighted by Crippen LogP contribution is -2.31. The normalized spacial score (nSPS) is 10.9. The Balaban J connectivity index is 2.23. The number of fused-ring (bicyclic) bond motifs is 1. The highest BCUT2D eigenvalue weighted by atomic mass is 16.3. The highest BCUT2D eigenvalue weighted by Gasteiger charge is 2.23. The molecule has 24 heavy (non-hydrogen) atoms. The topological polar surface area (TPSA) is 70.7 Å². The molecule has 0 aliphatic heterocycles. The number of phenols is 1. The Labute approximate surface area is 140 Å². The van der Waals surface area contributed by atoms with E-state index in [0.29, 0.717) is 23.8 Å². The molecule has 6 heteroatoms. The average Bonchev–Trinajstić information content (AvgIpc) is 2.95. The van der Waals surface area contributed by atoms with Gasteiger partial charge in [-0.05, 0) is 24.6 Å². The molecule has 1 amide bonds.